The van der Waals surface area contributed by atoms with E-state index in [4.69, 9.17) is 10.2 Å². The lowest BCUT2D eigenvalue weighted by Crippen LogP contribution is -2.37. The lowest BCUT2D eigenvalue weighted by Gasteiger charge is -2.32. The summed E-state index contributed by atoms with van der Waals surface area (Å²) in [7, 11) is 1.83. The van der Waals surface area contributed by atoms with E-state index in [1.807, 2.05) is 30.3 Å². The van der Waals surface area contributed by atoms with Crippen LogP contribution in [0.4, 0.5) is 21.6 Å². The van der Waals surface area contributed by atoms with Crippen LogP contribution in [0.1, 0.15) is 23.3 Å². The number of nitrogens with one attached hydrogen (secondary N) is 1. The SMILES string of the molecule is Cn1cc2cc(NC(=O)c3coc(-c4ccnc(N)c4)n3)c(N3CCCC(F)C3)cc2n1. The highest BCUT2D eigenvalue weighted by molar-refractivity contribution is 6.06. The normalized spacial score (nSPS) is 16.4. The van der Waals surface area contributed by atoms with Crippen LogP contribution in [0.15, 0.2) is 47.3 Å². The number of hydrogen-bond donors (Lipinski definition) is 2. The molecule has 1 amide bonds. The number of nitrogen functional groups attached to an aromatic ring is 1. The average Bonchev–Trinajstić information content (AvgIpc) is 3.39. The predicted octanol–water partition coefficient (Wildman–Crippen LogP) is 3.40. The summed E-state index contributed by atoms with van der Waals surface area (Å²) >= 11 is 0. The lowest BCUT2D eigenvalue weighted by molar-refractivity contribution is 0.102. The number of fused-ring (bicyclic) bond motifs is 1. The number of rotatable bonds is 4. The summed E-state index contributed by atoms with van der Waals surface area (Å²) in [5, 5.41) is 8.24. The molecule has 0 spiro atoms. The minimum Gasteiger partial charge on any atom is -0.444 e. The third kappa shape index (κ3) is 3.86. The van der Waals surface area contributed by atoms with Crippen molar-refractivity contribution in [2.24, 2.45) is 7.05 Å². The summed E-state index contributed by atoms with van der Waals surface area (Å²) in [6.07, 6.45) is 5.09. The van der Waals surface area contributed by atoms with Crippen LogP contribution in [-0.2, 0) is 7.05 Å². The molecule has 0 saturated carbocycles. The van der Waals surface area contributed by atoms with Crippen LogP contribution in [-0.4, -0.2) is 44.9 Å². The number of nitrogens with zero attached hydrogens (tertiary/aromatic N) is 5. The number of pyridine rings is 1. The van der Waals surface area contributed by atoms with Crippen molar-refractivity contribution in [1.82, 2.24) is 19.7 Å². The Hall–Kier alpha value is -3.95. The van der Waals surface area contributed by atoms with E-state index >= 15 is 0 Å². The molecule has 3 aromatic heterocycles. The minimum absolute atomic E-state index is 0.120. The van der Waals surface area contributed by atoms with Gasteiger partial charge in [0.15, 0.2) is 5.69 Å². The molecule has 5 rings (SSSR count). The van der Waals surface area contributed by atoms with Crippen LogP contribution in [0.2, 0.25) is 0 Å². The van der Waals surface area contributed by atoms with Gasteiger partial charge in [0.1, 0.15) is 18.3 Å². The van der Waals surface area contributed by atoms with Gasteiger partial charge in [0.2, 0.25) is 5.89 Å². The fourth-order valence-corrected chi connectivity index (χ4v) is 3.97. The average molecular weight is 435 g/mol. The number of piperidine rings is 1. The van der Waals surface area contributed by atoms with Gasteiger partial charge in [0.05, 0.1) is 16.9 Å². The highest BCUT2D eigenvalue weighted by Gasteiger charge is 2.24. The maximum absolute atomic E-state index is 14.1. The van der Waals surface area contributed by atoms with Crippen LogP contribution in [0.25, 0.3) is 22.4 Å². The number of hydrogen-bond acceptors (Lipinski definition) is 7. The molecule has 0 aliphatic carbocycles. The van der Waals surface area contributed by atoms with Gasteiger partial charge in [-0.1, -0.05) is 0 Å². The number of benzene rings is 1. The van der Waals surface area contributed by atoms with E-state index in [1.54, 1.807) is 23.0 Å². The Labute approximate surface area is 183 Å². The second kappa shape index (κ2) is 7.95. The molecule has 10 heteroatoms. The number of anilines is 3. The Morgan fingerprint density at radius 2 is 2.22 bits per heavy atom. The van der Waals surface area contributed by atoms with Crippen molar-refractivity contribution in [1.29, 1.82) is 0 Å². The zero-order valence-electron chi connectivity index (χ0n) is 17.5. The number of alkyl halides is 1. The zero-order chi connectivity index (χ0) is 22.2. The van der Waals surface area contributed by atoms with E-state index in [0.29, 0.717) is 30.0 Å². The summed E-state index contributed by atoms with van der Waals surface area (Å²) in [5.41, 5.74) is 8.54. The Bertz CT molecular complexity index is 1300. The number of carbonyl (C=O) groups is 1. The molecule has 1 aliphatic rings. The zero-order valence-corrected chi connectivity index (χ0v) is 17.5. The fourth-order valence-electron chi connectivity index (χ4n) is 3.97. The van der Waals surface area contributed by atoms with E-state index in [2.05, 4.69) is 20.4 Å². The maximum Gasteiger partial charge on any atom is 0.277 e. The van der Waals surface area contributed by atoms with Gasteiger partial charge in [0.25, 0.3) is 5.91 Å². The quantitative estimate of drug-likeness (QED) is 0.505. The number of carbonyl (C=O) groups excluding carboxylic acids is 1. The van der Waals surface area contributed by atoms with Crippen molar-refractivity contribution in [2.45, 2.75) is 19.0 Å². The van der Waals surface area contributed by atoms with Crippen LogP contribution in [0, 0.1) is 0 Å². The van der Waals surface area contributed by atoms with Gasteiger partial charge in [-0.2, -0.15) is 5.10 Å². The fraction of sp³-hybridized carbons (Fsp3) is 0.273. The van der Waals surface area contributed by atoms with E-state index in [-0.39, 0.29) is 18.1 Å². The summed E-state index contributed by atoms with van der Waals surface area (Å²) in [5.74, 6) is 0.164. The van der Waals surface area contributed by atoms with E-state index in [9.17, 15) is 9.18 Å². The van der Waals surface area contributed by atoms with Gasteiger partial charge in [-0.05, 0) is 37.1 Å². The number of aryl methyl sites for hydroxylation is 1. The minimum atomic E-state index is -0.905. The second-order valence-corrected chi connectivity index (χ2v) is 7.88. The first-order valence-electron chi connectivity index (χ1n) is 10.3. The first-order chi connectivity index (χ1) is 15.5. The third-order valence-electron chi connectivity index (χ3n) is 5.45. The van der Waals surface area contributed by atoms with Crippen LogP contribution in [0.5, 0.6) is 0 Å². The molecular formula is C22H22FN7O2. The van der Waals surface area contributed by atoms with Crippen molar-refractivity contribution >= 4 is 34.0 Å². The van der Waals surface area contributed by atoms with Gasteiger partial charge < -0.3 is 20.4 Å². The third-order valence-corrected chi connectivity index (χ3v) is 5.45. The highest BCUT2D eigenvalue weighted by Crippen LogP contribution is 2.33. The first kappa shape index (κ1) is 20.0. The molecule has 1 aliphatic heterocycles. The van der Waals surface area contributed by atoms with Crippen molar-refractivity contribution in [3.63, 3.8) is 0 Å². The Morgan fingerprint density at radius 1 is 1.34 bits per heavy atom. The number of amides is 1. The first-order valence-corrected chi connectivity index (χ1v) is 10.3. The molecule has 0 radical (unpaired) electrons. The summed E-state index contributed by atoms with van der Waals surface area (Å²) in [6, 6.07) is 7.05. The number of halogens is 1. The lowest BCUT2D eigenvalue weighted by atomic mass is 10.1. The molecule has 1 saturated heterocycles. The largest absolute Gasteiger partial charge is 0.444 e. The van der Waals surface area contributed by atoms with Crippen LogP contribution < -0.4 is 16.0 Å². The summed E-state index contributed by atoms with van der Waals surface area (Å²) < 4.78 is 21.3. The molecule has 32 heavy (non-hydrogen) atoms. The van der Waals surface area contributed by atoms with Gasteiger partial charge in [0, 0.05) is 43.5 Å². The Morgan fingerprint density at radius 3 is 3.03 bits per heavy atom. The topological polar surface area (TPSA) is 115 Å². The van der Waals surface area contributed by atoms with Crippen molar-refractivity contribution < 1.29 is 13.6 Å². The van der Waals surface area contributed by atoms with E-state index in [1.165, 1.54) is 6.26 Å². The van der Waals surface area contributed by atoms with Gasteiger partial charge in [-0.3, -0.25) is 9.48 Å². The highest BCUT2D eigenvalue weighted by atomic mass is 19.1. The monoisotopic (exact) mass is 435 g/mol. The van der Waals surface area contributed by atoms with Crippen molar-refractivity contribution in [2.75, 3.05) is 29.0 Å². The number of aromatic nitrogens is 4. The van der Waals surface area contributed by atoms with Crippen molar-refractivity contribution in [3.05, 3.63) is 48.6 Å². The molecule has 164 valence electrons. The van der Waals surface area contributed by atoms with Crippen LogP contribution in [0.3, 0.4) is 0 Å². The predicted molar refractivity (Wildman–Crippen MR) is 119 cm³/mol. The molecule has 1 atom stereocenters. The molecule has 1 aromatic carbocycles. The standard InChI is InChI=1S/C22H22FN7O2/c1-29-10-14-7-17(19(9-16(14)28-29)30-6-2-3-15(23)11-30)26-21(31)18-12-32-22(27-18)13-4-5-25-20(24)8-13/h4-5,7-10,12,15H,2-3,6,11H2,1H3,(H2,24,25)(H,26,31). The molecule has 3 N–H and O–H groups in total. The summed E-state index contributed by atoms with van der Waals surface area (Å²) in [6.45, 7) is 0.984. The Balaban J connectivity index is 1.46. The van der Waals surface area contributed by atoms with Gasteiger partial charge >= 0.3 is 0 Å². The second-order valence-electron chi connectivity index (χ2n) is 7.88. The molecule has 0 bridgehead atoms. The molecule has 4 heterocycles. The number of oxazole rings is 1. The maximum atomic E-state index is 14.1. The molecule has 1 unspecified atom stereocenters. The molecule has 4 aromatic rings. The molecule has 1 fully saturated rings. The molecular weight excluding hydrogens is 413 g/mol. The van der Waals surface area contributed by atoms with Crippen LogP contribution >= 0.6 is 0 Å². The molecule has 9 nitrogen and oxygen atoms in total. The van der Waals surface area contributed by atoms with Gasteiger partial charge in [-0.25, -0.2) is 14.4 Å². The van der Waals surface area contributed by atoms with Crippen molar-refractivity contribution in [3.8, 4) is 11.5 Å². The Kier molecular flexibility index (Phi) is 4.96. The van der Waals surface area contributed by atoms with E-state index < -0.39 is 12.1 Å². The van der Waals surface area contributed by atoms with Gasteiger partial charge in [-0.15, -0.1) is 0 Å². The number of nitrogens with two attached hydrogens (primary N) is 1. The smallest absolute Gasteiger partial charge is 0.277 e. The van der Waals surface area contributed by atoms with E-state index in [0.717, 1.165) is 23.0 Å². The summed E-state index contributed by atoms with van der Waals surface area (Å²) in [4.78, 5) is 23.2.